The number of sulfonamides is 1. The number of carbonyl (C=O) groups excluding carboxylic acids is 1. The van der Waals surface area contributed by atoms with Crippen molar-refractivity contribution >= 4 is 56.4 Å². The summed E-state index contributed by atoms with van der Waals surface area (Å²) >= 11 is 6.23. The number of benzene rings is 2. The molecule has 42 heavy (non-hydrogen) atoms. The lowest BCUT2D eigenvalue weighted by molar-refractivity contribution is -0.209. The molecule has 1 aliphatic heterocycles. The summed E-state index contributed by atoms with van der Waals surface area (Å²) in [5, 5.41) is 8.93. The third kappa shape index (κ3) is 7.70. The van der Waals surface area contributed by atoms with Crippen LogP contribution in [0.15, 0.2) is 54.7 Å². The number of piperazine rings is 1. The van der Waals surface area contributed by atoms with Crippen LogP contribution in [0.5, 0.6) is 5.75 Å². The third-order valence-corrected chi connectivity index (χ3v) is 7.36. The fourth-order valence-corrected chi connectivity index (χ4v) is 5.23. The predicted molar refractivity (Wildman–Crippen MR) is 151 cm³/mol. The average Bonchev–Trinajstić information content (AvgIpc) is 2.95. The number of halogens is 4. The van der Waals surface area contributed by atoms with Gasteiger partial charge in [0.15, 0.2) is 5.82 Å². The van der Waals surface area contributed by atoms with E-state index >= 15 is 0 Å². The molecular weight excluding hydrogens is 603 g/mol. The number of rotatable bonds is 12. The average molecular weight is 630 g/mol. The maximum absolute atomic E-state index is 14.7. The van der Waals surface area contributed by atoms with E-state index in [-0.39, 0.29) is 22.5 Å². The molecule has 17 heteroatoms. The van der Waals surface area contributed by atoms with Crippen molar-refractivity contribution in [3.05, 3.63) is 59.8 Å². The minimum atomic E-state index is -4.92. The van der Waals surface area contributed by atoms with Crippen molar-refractivity contribution < 1.29 is 36.2 Å². The van der Waals surface area contributed by atoms with Gasteiger partial charge in [-0.1, -0.05) is 29.8 Å². The molecule has 1 saturated heterocycles. The normalized spacial score (nSPS) is 14.2. The minimum absolute atomic E-state index is 0.0406. The first-order valence-corrected chi connectivity index (χ1v) is 14.7. The summed E-state index contributed by atoms with van der Waals surface area (Å²) in [7, 11) is -4.84. The second-order valence-electron chi connectivity index (χ2n) is 9.06. The summed E-state index contributed by atoms with van der Waals surface area (Å²) in [6, 6.07) is 7.01. The minimum Gasteiger partial charge on any atom is -0.492 e. The number of para-hydroxylation sites is 2. The van der Waals surface area contributed by atoms with E-state index in [1.54, 1.807) is 24.3 Å². The maximum atomic E-state index is 14.7. The van der Waals surface area contributed by atoms with Gasteiger partial charge in [-0.3, -0.25) is 4.90 Å². The quantitative estimate of drug-likeness (QED) is 0.253. The van der Waals surface area contributed by atoms with Crippen LogP contribution in [-0.2, 0) is 19.8 Å². The van der Waals surface area contributed by atoms with Crippen molar-refractivity contribution in [3.63, 3.8) is 0 Å². The Morgan fingerprint density at radius 2 is 1.90 bits per heavy atom. The van der Waals surface area contributed by atoms with Crippen molar-refractivity contribution in [2.75, 3.05) is 60.5 Å². The summed E-state index contributed by atoms with van der Waals surface area (Å²) < 4.78 is 71.8. The highest BCUT2D eigenvalue weighted by atomic mass is 35.5. The molecule has 0 radical (unpaired) electrons. The Morgan fingerprint density at radius 3 is 2.62 bits per heavy atom. The number of nitrogens with zero attached hydrogens (tertiary/aromatic N) is 4. The van der Waals surface area contributed by atoms with Gasteiger partial charge in [0.1, 0.15) is 17.4 Å². The molecule has 0 bridgehead atoms. The van der Waals surface area contributed by atoms with Gasteiger partial charge < -0.3 is 20.7 Å². The van der Waals surface area contributed by atoms with Crippen LogP contribution in [0, 0.1) is 0 Å². The SMILES string of the molecule is CS(=O)(=O)N(c1ccccc1Nc1nc(Nc2cccc(OCCN3CCNCC3)c2)ncc1Cl)C(F)(F)C(=O)OF. The summed E-state index contributed by atoms with van der Waals surface area (Å²) in [4.78, 5) is 24.8. The van der Waals surface area contributed by atoms with Crippen molar-refractivity contribution in [1.29, 1.82) is 0 Å². The Labute approximate surface area is 244 Å². The highest BCUT2D eigenvalue weighted by Gasteiger charge is 2.53. The van der Waals surface area contributed by atoms with Gasteiger partial charge in [-0.25, -0.2) is 23.1 Å². The van der Waals surface area contributed by atoms with Gasteiger partial charge in [0, 0.05) is 49.0 Å². The van der Waals surface area contributed by atoms with E-state index in [0.717, 1.165) is 38.8 Å². The zero-order chi connectivity index (χ0) is 30.3. The standard InChI is InChI=1S/C25H27ClF3N7O5S/c1-42(38,39)36(25(27,28)23(37)41-29)21-8-3-2-7-20(21)33-22-19(26)16-31-24(34-22)32-17-5-4-6-18(15-17)40-14-13-35-11-9-30-10-12-35/h2-8,15-16,30H,9-14H2,1H3,(H2,31,32,33,34). The molecule has 3 N–H and O–H groups in total. The Hall–Kier alpha value is -3.86. The van der Waals surface area contributed by atoms with Gasteiger partial charge >= 0.3 is 12.0 Å². The molecule has 4 rings (SSSR count). The Bertz CT molecular complexity index is 1510. The third-order valence-electron chi connectivity index (χ3n) is 6.00. The van der Waals surface area contributed by atoms with Crippen LogP contribution in [0.25, 0.3) is 0 Å². The molecule has 2 aromatic carbocycles. The van der Waals surface area contributed by atoms with Crippen molar-refractivity contribution in [2.24, 2.45) is 0 Å². The number of hydrogen-bond acceptors (Lipinski definition) is 11. The summed E-state index contributed by atoms with van der Waals surface area (Å²) in [5.74, 6) is -2.13. The van der Waals surface area contributed by atoms with Crippen LogP contribution >= 0.6 is 11.6 Å². The van der Waals surface area contributed by atoms with E-state index in [1.165, 1.54) is 24.4 Å². The summed E-state index contributed by atoms with van der Waals surface area (Å²) in [5.41, 5.74) is -0.373. The van der Waals surface area contributed by atoms with Crippen LogP contribution in [0.3, 0.4) is 0 Å². The fourth-order valence-electron chi connectivity index (χ4n) is 4.09. The van der Waals surface area contributed by atoms with E-state index in [2.05, 4.69) is 35.8 Å². The molecule has 226 valence electrons. The first kappa shape index (κ1) is 31.1. The summed E-state index contributed by atoms with van der Waals surface area (Å²) in [6.07, 6.45) is 1.66. The molecule has 0 spiro atoms. The topological polar surface area (TPSA) is 138 Å². The van der Waals surface area contributed by atoms with Gasteiger partial charge in [0.2, 0.25) is 16.0 Å². The van der Waals surface area contributed by atoms with Gasteiger partial charge in [-0.2, -0.15) is 18.1 Å². The smallest absolute Gasteiger partial charge is 0.441 e. The van der Waals surface area contributed by atoms with Crippen LogP contribution in [-0.4, -0.2) is 80.9 Å². The second kappa shape index (κ2) is 13.4. The van der Waals surface area contributed by atoms with E-state index < -0.39 is 32.0 Å². The highest BCUT2D eigenvalue weighted by molar-refractivity contribution is 7.92. The van der Waals surface area contributed by atoms with Crippen molar-refractivity contribution in [1.82, 2.24) is 20.2 Å². The molecule has 12 nitrogen and oxygen atoms in total. The zero-order valence-corrected chi connectivity index (χ0v) is 23.8. The Kier molecular flexibility index (Phi) is 9.93. The van der Waals surface area contributed by atoms with E-state index in [9.17, 15) is 26.5 Å². The van der Waals surface area contributed by atoms with Crippen LogP contribution in [0.1, 0.15) is 0 Å². The van der Waals surface area contributed by atoms with Gasteiger partial charge in [-0.05, 0) is 24.3 Å². The van der Waals surface area contributed by atoms with Crippen molar-refractivity contribution in [3.8, 4) is 5.75 Å². The molecule has 1 aliphatic rings. The first-order valence-electron chi connectivity index (χ1n) is 12.5. The molecule has 1 aromatic heterocycles. The number of ether oxygens (including phenoxy) is 1. The molecule has 1 fully saturated rings. The van der Waals surface area contributed by atoms with E-state index in [1.807, 2.05) is 0 Å². The number of alkyl halides is 2. The van der Waals surface area contributed by atoms with Crippen LogP contribution < -0.4 is 25.0 Å². The number of anilines is 5. The molecule has 0 amide bonds. The van der Waals surface area contributed by atoms with Crippen LogP contribution in [0.2, 0.25) is 5.02 Å². The lowest BCUT2D eigenvalue weighted by Crippen LogP contribution is -2.51. The number of nitrogens with one attached hydrogen (secondary N) is 3. The maximum Gasteiger partial charge on any atom is 0.441 e. The molecule has 0 saturated carbocycles. The number of aromatic nitrogens is 2. The Balaban J connectivity index is 1.53. The van der Waals surface area contributed by atoms with Gasteiger partial charge in [-0.15, -0.1) is 0 Å². The molecular formula is C25H27ClF3N7O5S. The van der Waals surface area contributed by atoms with Gasteiger partial charge in [0.25, 0.3) is 0 Å². The number of hydrogen-bond donors (Lipinski definition) is 3. The first-order chi connectivity index (χ1) is 20.0. The molecule has 0 atom stereocenters. The van der Waals surface area contributed by atoms with E-state index in [0.29, 0.717) is 24.3 Å². The number of carbonyl (C=O) groups is 1. The molecule has 3 aromatic rings. The van der Waals surface area contributed by atoms with E-state index in [4.69, 9.17) is 16.3 Å². The molecule has 0 unspecified atom stereocenters. The van der Waals surface area contributed by atoms with Crippen molar-refractivity contribution in [2.45, 2.75) is 6.05 Å². The fraction of sp³-hybridized carbons (Fsp3) is 0.320. The second-order valence-corrected chi connectivity index (χ2v) is 11.3. The van der Waals surface area contributed by atoms with Crippen LogP contribution in [0.4, 0.5) is 42.1 Å². The molecule has 0 aliphatic carbocycles. The summed E-state index contributed by atoms with van der Waals surface area (Å²) in [6.45, 7) is 5.09. The lowest BCUT2D eigenvalue weighted by Gasteiger charge is -2.29. The largest absolute Gasteiger partial charge is 0.492 e. The molecule has 2 heterocycles. The lowest BCUT2D eigenvalue weighted by atomic mass is 10.2. The monoisotopic (exact) mass is 629 g/mol. The zero-order valence-electron chi connectivity index (χ0n) is 22.2. The predicted octanol–water partition coefficient (Wildman–Crippen LogP) is 3.69. The van der Waals surface area contributed by atoms with Gasteiger partial charge in [0.05, 0.1) is 23.8 Å². The highest BCUT2D eigenvalue weighted by Crippen LogP contribution is 2.38. The Morgan fingerprint density at radius 1 is 1.17 bits per heavy atom.